The van der Waals surface area contributed by atoms with Gasteiger partial charge in [0.25, 0.3) is 5.89 Å². The number of ether oxygens (including phenoxy) is 1. The fourth-order valence-electron chi connectivity index (χ4n) is 2.46. The van der Waals surface area contributed by atoms with Gasteiger partial charge in [-0.1, -0.05) is 41.0 Å². The van der Waals surface area contributed by atoms with E-state index >= 15 is 0 Å². The average Bonchev–Trinajstić information content (AvgIpc) is 3.15. The van der Waals surface area contributed by atoms with Gasteiger partial charge >= 0.3 is 5.97 Å². The highest BCUT2D eigenvalue weighted by molar-refractivity contribution is 6.30. The SMILES string of the molecule is O=C(OCc1nc(-c2cccc(Cl)c2)no1)c1cc(=O)c2ccccc2o1. The van der Waals surface area contributed by atoms with Crippen molar-refractivity contribution in [2.45, 2.75) is 6.61 Å². The van der Waals surface area contributed by atoms with Crippen molar-refractivity contribution in [2.24, 2.45) is 0 Å². The van der Waals surface area contributed by atoms with Crippen molar-refractivity contribution < 1.29 is 18.5 Å². The first-order valence-electron chi connectivity index (χ1n) is 7.89. The van der Waals surface area contributed by atoms with Gasteiger partial charge in [0.2, 0.25) is 11.6 Å². The Morgan fingerprint density at radius 3 is 2.81 bits per heavy atom. The highest BCUT2D eigenvalue weighted by Gasteiger charge is 2.16. The third-order valence-electron chi connectivity index (χ3n) is 3.71. The molecule has 134 valence electrons. The van der Waals surface area contributed by atoms with E-state index in [1.165, 1.54) is 0 Å². The standard InChI is InChI=1S/C19H11ClN2O5/c20-12-5-3-4-11(8-12)18-21-17(27-22-18)10-25-19(24)16-9-14(23)13-6-1-2-7-15(13)26-16/h1-9H,10H2. The van der Waals surface area contributed by atoms with Gasteiger partial charge in [0.1, 0.15) is 5.58 Å². The summed E-state index contributed by atoms with van der Waals surface area (Å²) in [7, 11) is 0. The van der Waals surface area contributed by atoms with Crippen LogP contribution in [0.15, 0.2) is 68.3 Å². The monoisotopic (exact) mass is 382 g/mol. The minimum absolute atomic E-state index is 0.0986. The van der Waals surface area contributed by atoms with Gasteiger partial charge in [-0.05, 0) is 24.3 Å². The first-order valence-corrected chi connectivity index (χ1v) is 8.26. The maximum atomic E-state index is 12.2. The van der Waals surface area contributed by atoms with Crippen LogP contribution in [0.1, 0.15) is 16.4 Å². The van der Waals surface area contributed by atoms with E-state index in [4.69, 9.17) is 25.3 Å². The molecule has 7 nitrogen and oxygen atoms in total. The molecule has 0 unspecified atom stereocenters. The average molecular weight is 383 g/mol. The zero-order chi connectivity index (χ0) is 18.8. The molecule has 0 aliphatic carbocycles. The lowest BCUT2D eigenvalue weighted by Crippen LogP contribution is -2.10. The van der Waals surface area contributed by atoms with E-state index in [9.17, 15) is 9.59 Å². The molecule has 0 saturated carbocycles. The van der Waals surface area contributed by atoms with Crippen molar-refractivity contribution in [1.29, 1.82) is 0 Å². The summed E-state index contributed by atoms with van der Waals surface area (Å²) < 4.78 is 15.6. The molecule has 0 saturated heterocycles. The van der Waals surface area contributed by atoms with E-state index in [1.54, 1.807) is 48.5 Å². The second-order valence-electron chi connectivity index (χ2n) is 5.57. The molecule has 27 heavy (non-hydrogen) atoms. The maximum Gasteiger partial charge on any atom is 0.374 e. The van der Waals surface area contributed by atoms with Gasteiger partial charge < -0.3 is 13.7 Å². The van der Waals surface area contributed by atoms with Gasteiger partial charge in [-0.2, -0.15) is 4.98 Å². The minimum atomic E-state index is -0.805. The fraction of sp³-hybridized carbons (Fsp3) is 0.0526. The number of halogens is 1. The Morgan fingerprint density at radius 1 is 1.11 bits per heavy atom. The Kier molecular flexibility index (Phi) is 4.43. The summed E-state index contributed by atoms with van der Waals surface area (Å²) in [4.78, 5) is 28.4. The molecule has 0 N–H and O–H groups in total. The minimum Gasteiger partial charge on any atom is -0.450 e. The summed E-state index contributed by atoms with van der Waals surface area (Å²) >= 11 is 5.93. The topological polar surface area (TPSA) is 95.4 Å². The van der Waals surface area contributed by atoms with Crippen LogP contribution in [0.5, 0.6) is 0 Å². The number of carbonyl (C=O) groups excluding carboxylic acids is 1. The molecular weight excluding hydrogens is 372 g/mol. The lowest BCUT2D eigenvalue weighted by Gasteiger charge is -2.02. The van der Waals surface area contributed by atoms with Crippen LogP contribution in [0.2, 0.25) is 5.02 Å². The lowest BCUT2D eigenvalue weighted by atomic mass is 10.2. The quantitative estimate of drug-likeness (QED) is 0.494. The molecule has 0 radical (unpaired) electrons. The molecule has 4 aromatic rings. The summed E-state index contributed by atoms with van der Waals surface area (Å²) in [6.07, 6.45) is 0. The molecule has 8 heteroatoms. The fourth-order valence-corrected chi connectivity index (χ4v) is 2.65. The number of aromatic nitrogens is 2. The van der Waals surface area contributed by atoms with Crippen molar-refractivity contribution in [2.75, 3.05) is 0 Å². The number of nitrogens with zero attached hydrogens (tertiary/aromatic N) is 2. The Balaban J connectivity index is 1.49. The number of rotatable bonds is 4. The highest BCUT2D eigenvalue weighted by Crippen LogP contribution is 2.20. The maximum absolute atomic E-state index is 12.2. The molecule has 0 fully saturated rings. The molecule has 2 aromatic heterocycles. The van der Waals surface area contributed by atoms with Crippen LogP contribution >= 0.6 is 11.6 Å². The highest BCUT2D eigenvalue weighted by atomic mass is 35.5. The zero-order valence-electron chi connectivity index (χ0n) is 13.7. The Morgan fingerprint density at radius 2 is 1.96 bits per heavy atom. The normalized spacial score (nSPS) is 10.9. The van der Waals surface area contributed by atoms with Gasteiger partial charge in [0, 0.05) is 16.7 Å². The molecule has 0 aliphatic heterocycles. The van der Waals surface area contributed by atoms with E-state index in [1.807, 2.05) is 0 Å². The van der Waals surface area contributed by atoms with Gasteiger partial charge in [-0.3, -0.25) is 4.79 Å². The Bertz CT molecular complexity index is 1200. The number of carbonyl (C=O) groups is 1. The molecule has 0 atom stereocenters. The predicted octanol–water partition coefficient (Wildman–Crippen LogP) is 3.85. The van der Waals surface area contributed by atoms with E-state index in [2.05, 4.69) is 10.1 Å². The third-order valence-corrected chi connectivity index (χ3v) is 3.95. The second-order valence-corrected chi connectivity index (χ2v) is 6.01. The molecule has 0 amide bonds. The summed E-state index contributed by atoms with van der Waals surface area (Å²) in [5.74, 6) is -0.587. The van der Waals surface area contributed by atoms with Gasteiger partial charge in [0.15, 0.2) is 12.0 Å². The number of fused-ring (bicyclic) bond motifs is 1. The first-order chi connectivity index (χ1) is 13.1. The van der Waals surface area contributed by atoms with Crippen molar-refractivity contribution >= 4 is 28.5 Å². The number of para-hydroxylation sites is 1. The summed E-state index contributed by atoms with van der Waals surface area (Å²) in [6.45, 7) is -0.261. The third kappa shape index (κ3) is 3.58. The number of hydrogen-bond donors (Lipinski definition) is 0. The second kappa shape index (κ2) is 7.05. The largest absolute Gasteiger partial charge is 0.450 e. The number of esters is 1. The Hall–Kier alpha value is -3.45. The van der Waals surface area contributed by atoms with Crippen molar-refractivity contribution in [3.63, 3.8) is 0 Å². The van der Waals surface area contributed by atoms with Gasteiger partial charge in [-0.25, -0.2) is 4.79 Å². The predicted molar refractivity (Wildman–Crippen MR) is 96.3 cm³/mol. The summed E-state index contributed by atoms with van der Waals surface area (Å²) in [5, 5.41) is 4.75. The van der Waals surface area contributed by atoms with Crippen molar-refractivity contribution in [1.82, 2.24) is 10.1 Å². The molecular formula is C19H11ClN2O5. The smallest absolute Gasteiger partial charge is 0.374 e. The molecule has 0 spiro atoms. The first kappa shape index (κ1) is 17.0. The molecule has 0 aliphatic rings. The molecule has 4 rings (SSSR count). The van der Waals surface area contributed by atoms with Crippen LogP contribution in [0, 0.1) is 0 Å². The Labute approximate surface area is 157 Å². The van der Waals surface area contributed by atoms with E-state index in [0.29, 0.717) is 27.4 Å². The molecule has 2 aromatic carbocycles. The van der Waals surface area contributed by atoms with Crippen LogP contribution in [0.4, 0.5) is 0 Å². The van der Waals surface area contributed by atoms with Crippen LogP contribution in [-0.4, -0.2) is 16.1 Å². The number of hydrogen-bond acceptors (Lipinski definition) is 7. The van der Waals surface area contributed by atoms with Gasteiger partial charge in [-0.15, -0.1) is 0 Å². The van der Waals surface area contributed by atoms with Crippen LogP contribution in [0.25, 0.3) is 22.4 Å². The van der Waals surface area contributed by atoms with Crippen LogP contribution < -0.4 is 5.43 Å². The van der Waals surface area contributed by atoms with Crippen molar-refractivity contribution in [3.05, 3.63) is 81.5 Å². The van der Waals surface area contributed by atoms with Gasteiger partial charge in [0.05, 0.1) is 5.39 Å². The number of benzene rings is 2. The zero-order valence-corrected chi connectivity index (χ0v) is 14.5. The van der Waals surface area contributed by atoms with Crippen LogP contribution in [0.3, 0.4) is 0 Å². The molecule has 2 heterocycles. The van der Waals surface area contributed by atoms with E-state index in [-0.39, 0.29) is 23.7 Å². The van der Waals surface area contributed by atoms with Crippen LogP contribution in [-0.2, 0) is 11.3 Å². The summed E-state index contributed by atoms with van der Waals surface area (Å²) in [5.41, 5.74) is 0.646. The van der Waals surface area contributed by atoms with E-state index < -0.39 is 5.97 Å². The van der Waals surface area contributed by atoms with E-state index in [0.717, 1.165) is 6.07 Å². The molecule has 0 bridgehead atoms. The van der Waals surface area contributed by atoms with Crippen molar-refractivity contribution in [3.8, 4) is 11.4 Å². The lowest BCUT2D eigenvalue weighted by molar-refractivity contribution is 0.0394. The summed E-state index contributed by atoms with van der Waals surface area (Å²) in [6, 6.07) is 14.7.